The van der Waals surface area contributed by atoms with Crippen LogP contribution in [0.5, 0.6) is 0 Å². The molecule has 0 aliphatic rings. The number of carbonyl (C=O) groups is 1. The predicted octanol–water partition coefficient (Wildman–Crippen LogP) is 1.24. The van der Waals surface area contributed by atoms with Crippen LogP contribution in [-0.2, 0) is 25.4 Å². The lowest BCUT2D eigenvalue weighted by Crippen LogP contribution is -2.37. The van der Waals surface area contributed by atoms with Crippen LogP contribution in [0.3, 0.4) is 0 Å². The normalized spacial score (nSPS) is 11.1. The summed E-state index contributed by atoms with van der Waals surface area (Å²) in [6, 6.07) is 7.11. The van der Waals surface area contributed by atoms with E-state index in [4.69, 9.17) is 11.6 Å². The molecule has 12 heteroatoms. The molecule has 1 aromatic carbocycles. The smallest absolute Gasteiger partial charge is 0.315 e. The summed E-state index contributed by atoms with van der Waals surface area (Å²) >= 11 is 7.09. The number of imidazole rings is 1. The van der Waals surface area contributed by atoms with Gasteiger partial charge in [-0.15, -0.1) is 10.2 Å². The van der Waals surface area contributed by atoms with Gasteiger partial charge in [0.25, 0.3) is 5.56 Å². The van der Waals surface area contributed by atoms with E-state index in [1.165, 1.54) is 40.9 Å². The molecule has 29 heavy (non-hydrogen) atoms. The minimum atomic E-state index is -0.519. The first-order valence-electron chi connectivity index (χ1n) is 8.35. The molecular formula is C17H14ClN7O3S. The Balaban J connectivity index is 1.56. The fourth-order valence-electron chi connectivity index (χ4n) is 2.81. The maximum atomic E-state index is 12.4. The van der Waals surface area contributed by atoms with E-state index in [9.17, 15) is 14.4 Å². The highest BCUT2D eigenvalue weighted by atomic mass is 35.5. The lowest BCUT2D eigenvalue weighted by Gasteiger charge is -2.06. The number of rotatable bonds is 4. The number of fused-ring (bicyclic) bond motifs is 1. The number of hydrogen-bond acceptors (Lipinski definition) is 7. The van der Waals surface area contributed by atoms with Crippen molar-refractivity contribution in [1.82, 2.24) is 28.9 Å². The summed E-state index contributed by atoms with van der Waals surface area (Å²) in [6.07, 6.45) is 1.35. The molecule has 3 heterocycles. The van der Waals surface area contributed by atoms with Gasteiger partial charge in [0.2, 0.25) is 11.0 Å². The van der Waals surface area contributed by atoms with Gasteiger partial charge < -0.3 is 4.57 Å². The number of aromatic nitrogens is 6. The van der Waals surface area contributed by atoms with Crippen molar-refractivity contribution in [3.8, 4) is 10.6 Å². The van der Waals surface area contributed by atoms with Crippen molar-refractivity contribution in [3.05, 3.63) is 56.5 Å². The van der Waals surface area contributed by atoms with Crippen molar-refractivity contribution in [2.75, 3.05) is 5.32 Å². The third kappa shape index (κ3) is 3.45. The molecule has 0 saturated carbocycles. The molecular weight excluding hydrogens is 418 g/mol. The summed E-state index contributed by atoms with van der Waals surface area (Å²) in [5.74, 6) is -0.404. The molecule has 148 valence electrons. The Morgan fingerprint density at radius 3 is 2.59 bits per heavy atom. The van der Waals surface area contributed by atoms with Crippen LogP contribution in [0.2, 0.25) is 5.02 Å². The van der Waals surface area contributed by atoms with Gasteiger partial charge in [-0.3, -0.25) is 24.0 Å². The molecule has 1 amide bonds. The highest BCUT2D eigenvalue weighted by Crippen LogP contribution is 2.27. The lowest BCUT2D eigenvalue weighted by molar-refractivity contribution is -0.116. The van der Waals surface area contributed by atoms with Crippen LogP contribution in [0, 0.1) is 0 Å². The number of nitrogens with zero attached hydrogens (tertiary/aromatic N) is 6. The molecule has 0 aliphatic heterocycles. The Bertz CT molecular complexity index is 1350. The van der Waals surface area contributed by atoms with E-state index in [0.717, 1.165) is 10.1 Å². The van der Waals surface area contributed by atoms with Crippen LogP contribution < -0.4 is 16.6 Å². The number of benzene rings is 1. The van der Waals surface area contributed by atoms with Crippen molar-refractivity contribution in [1.29, 1.82) is 0 Å². The Kier molecular flexibility index (Phi) is 4.76. The molecule has 0 atom stereocenters. The van der Waals surface area contributed by atoms with Crippen LogP contribution in [0.15, 0.2) is 40.2 Å². The van der Waals surface area contributed by atoms with Gasteiger partial charge in [-0.25, -0.2) is 9.78 Å². The van der Waals surface area contributed by atoms with Crippen molar-refractivity contribution in [2.24, 2.45) is 14.1 Å². The fraction of sp³-hybridized carbons (Fsp3) is 0.176. The molecule has 10 nitrogen and oxygen atoms in total. The molecule has 0 saturated heterocycles. The van der Waals surface area contributed by atoms with E-state index in [1.807, 2.05) is 12.1 Å². The van der Waals surface area contributed by atoms with E-state index in [2.05, 4.69) is 20.5 Å². The van der Waals surface area contributed by atoms with Crippen LogP contribution in [-0.4, -0.2) is 34.8 Å². The topological polar surface area (TPSA) is 117 Å². The molecule has 0 aliphatic carbocycles. The maximum Gasteiger partial charge on any atom is 0.332 e. The van der Waals surface area contributed by atoms with Crippen molar-refractivity contribution in [2.45, 2.75) is 6.54 Å². The first kappa shape index (κ1) is 19.0. The molecule has 0 spiro atoms. The average molecular weight is 432 g/mol. The number of amides is 1. The molecule has 0 unspecified atom stereocenters. The highest BCUT2D eigenvalue weighted by molar-refractivity contribution is 7.18. The monoisotopic (exact) mass is 431 g/mol. The first-order chi connectivity index (χ1) is 13.8. The van der Waals surface area contributed by atoms with Crippen LogP contribution in [0.1, 0.15) is 0 Å². The highest BCUT2D eigenvalue weighted by Gasteiger charge is 2.17. The minimum absolute atomic E-state index is 0.167. The zero-order valence-electron chi connectivity index (χ0n) is 15.3. The van der Waals surface area contributed by atoms with Gasteiger partial charge in [-0.05, 0) is 12.1 Å². The van der Waals surface area contributed by atoms with Crippen LogP contribution in [0.25, 0.3) is 21.7 Å². The summed E-state index contributed by atoms with van der Waals surface area (Å²) in [5, 5.41) is 12.3. The Morgan fingerprint density at radius 2 is 1.86 bits per heavy atom. The van der Waals surface area contributed by atoms with E-state index in [0.29, 0.717) is 15.2 Å². The standard InChI is InChI=1S/C17H14ClN7O3S/c1-23-13-12(15(27)24(2)17(23)28)25(8-19-13)7-11(26)20-16-22-21-14(29-16)9-3-5-10(18)6-4-9/h3-6,8H,7H2,1-2H3,(H,20,22,26). The number of nitrogens with one attached hydrogen (secondary N) is 1. The van der Waals surface area contributed by atoms with Crippen LogP contribution >= 0.6 is 22.9 Å². The summed E-state index contributed by atoms with van der Waals surface area (Å²) in [4.78, 5) is 41.0. The third-order valence-corrected chi connectivity index (χ3v) is 5.43. The van der Waals surface area contributed by atoms with Gasteiger partial charge in [-0.2, -0.15) is 0 Å². The quantitative estimate of drug-likeness (QED) is 0.519. The van der Waals surface area contributed by atoms with Crippen LogP contribution in [0.4, 0.5) is 5.13 Å². The molecule has 0 fully saturated rings. The van der Waals surface area contributed by atoms with Gasteiger partial charge in [-0.1, -0.05) is 35.1 Å². The summed E-state index contributed by atoms with van der Waals surface area (Å²) in [5.41, 5.74) is 0.211. The zero-order chi connectivity index (χ0) is 20.7. The second kappa shape index (κ2) is 7.26. The minimum Gasteiger partial charge on any atom is -0.315 e. The predicted molar refractivity (Wildman–Crippen MR) is 109 cm³/mol. The maximum absolute atomic E-state index is 12.4. The van der Waals surface area contributed by atoms with Crippen molar-refractivity contribution >= 4 is 45.1 Å². The summed E-state index contributed by atoms with van der Waals surface area (Å²) < 4.78 is 3.63. The lowest BCUT2D eigenvalue weighted by atomic mass is 10.2. The SMILES string of the molecule is Cn1c(=O)c2c(ncn2CC(=O)Nc2nnc(-c3ccc(Cl)cc3)s2)n(C)c1=O. The second-order valence-corrected chi connectivity index (χ2v) is 7.63. The fourth-order valence-corrected chi connectivity index (χ4v) is 3.70. The molecule has 3 aromatic heterocycles. The van der Waals surface area contributed by atoms with Gasteiger partial charge in [0, 0.05) is 24.7 Å². The van der Waals surface area contributed by atoms with E-state index in [-0.39, 0.29) is 17.7 Å². The van der Waals surface area contributed by atoms with E-state index < -0.39 is 17.2 Å². The summed E-state index contributed by atoms with van der Waals surface area (Å²) in [7, 11) is 2.89. The van der Waals surface area contributed by atoms with Gasteiger partial charge in [0.15, 0.2) is 11.2 Å². The zero-order valence-corrected chi connectivity index (χ0v) is 16.9. The van der Waals surface area contributed by atoms with Crippen molar-refractivity contribution in [3.63, 3.8) is 0 Å². The second-order valence-electron chi connectivity index (χ2n) is 6.22. The largest absolute Gasteiger partial charge is 0.332 e. The average Bonchev–Trinajstić information content (AvgIpc) is 3.32. The Labute approximate surface area is 172 Å². The number of anilines is 1. The van der Waals surface area contributed by atoms with Crippen molar-refractivity contribution < 1.29 is 4.79 Å². The van der Waals surface area contributed by atoms with E-state index in [1.54, 1.807) is 12.1 Å². The number of carbonyl (C=O) groups excluding carboxylic acids is 1. The molecule has 1 N–H and O–H groups in total. The van der Waals surface area contributed by atoms with E-state index >= 15 is 0 Å². The first-order valence-corrected chi connectivity index (χ1v) is 9.54. The molecule has 0 radical (unpaired) electrons. The summed E-state index contributed by atoms with van der Waals surface area (Å²) in [6.45, 7) is -0.167. The van der Waals surface area contributed by atoms with Gasteiger partial charge >= 0.3 is 5.69 Å². The molecule has 4 rings (SSSR count). The Hall–Kier alpha value is -3.31. The number of aryl methyl sites for hydroxylation is 1. The Morgan fingerprint density at radius 1 is 1.14 bits per heavy atom. The third-order valence-electron chi connectivity index (χ3n) is 4.29. The van der Waals surface area contributed by atoms with Gasteiger partial charge in [0.05, 0.1) is 6.33 Å². The number of halogens is 1. The number of hydrogen-bond donors (Lipinski definition) is 1. The molecule has 4 aromatic rings. The molecule has 0 bridgehead atoms. The van der Waals surface area contributed by atoms with Gasteiger partial charge in [0.1, 0.15) is 11.6 Å².